The van der Waals surface area contributed by atoms with Gasteiger partial charge in [0.2, 0.25) is 0 Å². The molecule has 0 atom stereocenters. The number of thiazole rings is 1. The monoisotopic (exact) mass is 527 g/mol. The van der Waals surface area contributed by atoms with Crippen LogP contribution in [0, 0.1) is 0 Å². The van der Waals surface area contributed by atoms with Crippen LogP contribution in [0.4, 0.5) is 10.8 Å². The molecule has 11 heteroatoms. The molecule has 1 amide bonds. The van der Waals surface area contributed by atoms with Crippen molar-refractivity contribution >= 4 is 55.7 Å². The number of rotatable bonds is 7. The molecule has 4 aromatic rings. The van der Waals surface area contributed by atoms with Gasteiger partial charge in [0.25, 0.3) is 15.9 Å². The zero-order valence-electron chi connectivity index (χ0n) is 18.2. The first-order chi connectivity index (χ1) is 16.7. The zero-order chi connectivity index (χ0) is 25.0. The highest BCUT2D eigenvalue weighted by Gasteiger charge is 2.16. The third kappa shape index (κ3) is 5.86. The topological polar surface area (TPSA) is 114 Å². The van der Waals surface area contributed by atoms with Crippen molar-refractivity contribution in [2.24, 2.45) is 0 Å². The molecule has 0 radical (unpaired) electrons. The van der Waals surface area contributed by atoms with Gasteiger partial charge in [-0.25, -0.2) is 18.2 Å². The third-order valence-corrected chi connectivity index (χ3v) is 7.23. The van der Waals surface area contributed by atoms with E-state index in [1.807, 2.05) is 0 Å². The van der Waals surface area contributed by atoms with E-state index < -0.39 is 21.9 Å². The summed E-state index contributed by atoms with van der Waals surface area (Å²) in [5.74, 6) is -0.875. The number of nitrogens with zero attached hydrogens (tertiary/aromatic N) is 1. The minimum absolute atomic E-state index is 0.0479. The Balaban J connectivity index is 1.45. The van der Waals surface area contributed by atoms with Crippen molar-refractivity contribution in [3.05, 3.63) is 94.3 Å². The van der Waals surface area contributed by atoms with Gasteiger partial charge in [0.15, 0.2) is 5.13 Å². The maximum Gasteiger partial charge on any atom is 0.337 e. The van der Waals surface area contributed by atoms with Gasteiger partial charge >= 0.3 is 5.97 Å². The first-order valence-electron chi connectivity index (χ1n) is 10.1. The standard InChI is InChI=1S/C24H18ClN3O5S2/c1-33-23(30)16-7-5-15(6-8-16)21-14-34-24(26-21)27-22(29)17-3-2-4-19(13-17)28-35(31,32)20-11-9-18(25)10-12-20/h2-14,28H,1H3,(H,26,27,29). The van der Waals surface area contributed by atoms with Gasteiger partial charge in [-0.2, -0.15) is 0 Å². The van der Waals surface area contributed by atoms with Gasteiger partial charge < -0.3 is 4.74 Å². The van der Waals surface area contributed by atoms with Crippen LogP contribution < -0.4 is 10.0 Å². The molecule has 0 bridgehead atoms. The smallest absolute Gasteiger partial charge is 0.337 e. The third-order valence-electron chi connectivity index (χ3n) is 4.83. The molecule has 0 aliphatic rings. The van der Waals surface area contributed by atoms with Crippen LogP contribution in [-0.2, 0) is 14.8 Å². The van der Waals surface area contributed by atoms with Crippen LogP contribution in [0.1, 0.15) is 20.7 Å². The number of methoxy groups -OCH3 is 1. The summed E-state index contributed by atoms with van der Waals surface area (Å²) in [7, 11) is -2.53. The summed E-state index contributed by atoms with van der Waals surface area (Å²) in [6.45, 7) is 0. The Morgan fingerprint density at radius 3 is 2.37 bits per heavy atom. The predicted octanol–water partition coefficient (Wildman–Crippen LogP) is 5.30. The molecular formula is C24H18ClN3O5S2. The van der Waals surface area contributed by atoms with E-state index in [4.69, 9.17) is 16.3 Å². The van der Waals surface area contributed by atoms with Crippen LogP contribution in [-0.4, -0.2) is 32.4 Å². The number of nitrogens with one attached hydrogen (secondary N) is 2. The lowest BCUT2D eigenvalue weighted by Gasteiger charge is -2.09. The van der Waals surface area contributed by atoms with Gasteiger partial charge in [-0.3, -0.25) is 14.8 Å². The Kier molecular flexibility index (Phi) is 7.15. The quantitative estimate of drug-likeness (QED) is 0.315. The van der Waals surface area contributed by atoms with Crippen molar-refractivity contribution in [3.63, 3.8) is 0 Å². The van der Waals surface area contributed by atoms with Crippen LogP contribution in [0.2, 0.25) is 5.02 Å². The van der Waals surface area contributed by atoms with Crippen molar-refractivity contribution in [2.45, 2.75) is 4.90 Å². The molecule has 35 heavy (non-hydrogen) atoms. The first kappa shape index (κ1) is 24.4. The summed E-state index contributed by atoms with van der Waals surface area (Å²) in [5.41, 5.74) is 2.31. The summed E-state index contributed by atoms with van der Waals surface area (Å²) < 4.78 is 32.4. The van der Waals surface area contributed by atoms with E-state index in [9.17, 15) is 18.0 Å². The molecule has 0 fully saturated rings. The summed E-state index contributed by atoms with van der Waals surface area (Å²) in [5, 5.41) is 5.29. The van der Waals surface area contributed by atoms with Gasteiger partial charge in [0.05, 0.1) is 23.3 Å². The molecule has 1 heterocycles. The molecule has 0 aliphatic heterocycles. The number of carbonyl (C=O) groups is 2. The second-order valence-electron chi connectivity index (χ2n) is 7.20. The van der Waals surface area contributed by atoms with E-state index in [1.54, 1.807) is 47.8 Å². The highest BCUT2D eigenvalue weighted by molar-refractivity contribution is 7.92. The Morgan fingerprint density at radius 2 is 1.69 bits per heavy atom. The van der Waals surface area contributed by atoms with Crippen LogP contribution in [0.25, 0.3) is 11.3 Å². The molecule has 3 aromatic carbocycles. The molecule has 0 aliphatic carbocycles. The molecule has 8 nitrogen and oxygen atoms in total. The predicted molar refractivity (Wildman–Crippen MR) is 136 cm³/mol. The van der Waals surface area contributed by atoms with Gasteiger partial charge in [0.1, 0.15) is 0 Å². The second kappa shape index (κ2) is 10.3. The fourth-order valence-electron chi connectivity index (χ4n) is 3.08. The van der Waals surface area contributed by atoms with Crippen molar-refractivity contribution < 1.29 is 22.7 Å². The van der Waals surface area contributed by atoms with Crippen LogP contribution in [0.3, 0.4) is 0 Å². The SMILES string of the molecule is COC(=O)c1ccc(-c2csc(NC(=O)c3cccc(NS(=O)(=O)c4ccc(Cl)cc4)c3)n2)cc1. The number of ether oxygens (including phenoxy) is 1. The molecule has 0 unspecified atom stereocenters. The molecule has 178 valence electrons. The highest BCUT2D eigenvalue weighted by Crippen LogP contribution is 2.26. The van der Waals surface area contributed by atoms with Crippen LogP contribution in [0.15, 0.2) is 83.1 Å². The van der Waals surface area contributed by atoms with E-state index >= 15 is 0 Å². The molecular weight excluding hydrogens is 510 g/mol. The Labute approximate surface area is 210 Å². The maximum absolute atomic E-state index is 12.8. The number of amides is 1. The fraction of sp³-hybridized carbons (Fsp3) is 0.0417. The Bertz CT molecular complexity index is 1480. The lowest BCUT2D eigenvalue weighted by molar-refractivity contribution is 0.0600. The lowest BCUT2D eigenvalue weighted by atomic mass is 10.1. The number of carbonyl (C=O) groups excluding carboxylic acids is 2. The largest absolute Gasteiger partial charge is 0.465 e. The van der Waals surface area contributed by atoms with Crippen molar-refractivity contribution in [3.8, 4) is 11.3 Å². The van der Waals surface area contributed by atoms with Crippen molar-refractivity contribution in [1.82, 2.24) is 4.98 Å². The van der Waals surface area contributed by atoms with Gasteiger partial charge in [-0.05, 0) is 54.6 Å². The normalized spacial score (nSPS) is 11.0. The molecule has 0 spiro atoms. The van der Waals surface area contributed by atoms with Crippen molar-refractivity contribution in [1.29, 1.82) is 0 Å². The number of benzene rings is 3. The molecule has 0 saturated heterocycles. The lowest BCUT2D eigenvalue weighted by Crippen LogP contribution is -2.15. The first-order valence-corrected chi connectivity index (χ1v) is 12.8. The Morgan fingerprint density at radius 1 is 0.971 bits per heavy atom. The molecule has 0 saturated carbocycles. The maximum atomic E-state index is 12.8. The van der Waals surface area contributed by atoms with E-state index in [1.165, 1.54) is 48.8 Å². The molecule has 4 rings (SSSR count). The van der Waals surface area contributed by atoms with Crippen molar-refractivity contribution in [2.75, 3.05) is 17.1 Å². The average molecular weight is 528 g/mol. The van der Waals surface area contributed by atoms with E-state index in [2.05, 4.69) is 15.0 Å². The number of hydrogen-bond acceptors (Lipinski definition) is 7. The van der Waals surface area contributed by atoms with Crippen LogP contribution >= 0.6 is 22.9 Å². The minimum Gasteiger partial charge on any atom is -0.465 e. The average Bonchev–Trinajstić information content (AvgIpc) is 3.32. The number of halogens is 1. The number of hydrogen-bond donors (Lipinski definition) is 2. The fourth-order valence-corrected chi connectivity index (χ4v) is 4.97. The van der Waals surface area contributed by atoms with E-state index in [-0.39, 0.29) is 16.1 Å². The number of sulfonamides is 1. The minimum atomic E-state index is -3.85. The number of aromatic nitrogens is 1. The second-order valence-corrected chi connectivity index (χ2v) is 10.2. The number of anilines is 2. The Hall–Kier alpha value is -3.73. The van der Waals surface area contributed by atoms with E-state index in [0.717, 1.165) is 5.56 Å². The van der Waals surface area contributed by atoms with Gasteiger partial charge in [-0.15, -0.1) is 11.3 Å². The van der Waals surface area contributed by atoms with Crippen LogP contribution in [0.5, 0.6) is 0 Å². The summed E-state index contributed by atoms with van der Waals surface area (Å²) in [4.78, 5) is 28.8. The zero-order valence-corrected chi connectivity index (χ0v) is 20.6. The molecule has 2 N–H and O–H groups in total. The number of esters is 1. The summed E-state index contributed by atoms with van der Waals surface area (Å²) in [6.07, 6.45) is 0. The van der Waals surface area contributed by atoms with Gasteiger partial charge in [-0.1, -0.05) is 29.8 Å². The summed E-state index contributed by atoms with van der Waals surface area (Å²) in [6, 6.07) is 18.6. The summed E-state index contributed by atoms with van der Waals surface area (Å²) >= 11 is 7.06. The van der Waals surface area contributed by atoms with E-state index in [0.29, 0.717) is 21.4 Å². The molecule has 1 aromatic heterocycles. The highest BCUT2D eigenvalue weighted by atomic mass is 35.5. The van der Waals surface area contributed by atoms with Gasteiger partial charge in [0, 0.05) is 27.2 Å².